The summed E-state index contributed by atoms with van der Waals surface area (Å²) >= 11 is 0. The van der Waals surface area contributed by atoms with Crippen LogP contribution < -0.4 is 23.8 Å². The molecule has 3 N–H and O–H groups in total. The van der Waals surface area contributed by atoms with Crippen LogP contribution in [0.15, 0.2) is 84.9 Å². The zero-order chi connectivity index (χ0) is 24.4. The topological polar surface area (TPSA) is 117 Å². The van der Waals surface area contributed by atoms with E-state index in [-0.39, 0.29) is 24.0 Å². The van der Waals surface area contributed by atoms with Crippen LogP contribution in [0.1, 0.15) is 17.5 Å². The highest BCUT2D eigenvalue weighted by atomic mass is 32.2. The third-order valence-corrected chi connectivity index (χ3v) is 6.95. The molecule has 1 unspecified atom stereocenters. The monoisotopic (exact) mass is 493 g/mol. The van der Waals surface area contributed by atoms with E-state index in [0.717, 1.165) is 27.3 Å². The Morgan fingerprint density at radius 3 is 2.57 bits per heavy atom. The van der Waals surface area contributed by atoms with Gasteiger partial charge in [-0.3, -0.25) is 4.79 Å². The van der Waals surface area contributed by atoms with Crippen LogP contribution in [0, 0.1) is 0 Å². The molecule has 0 bridgehead atoms. The number of ether oxygens (including phenoxy) is 2. The summed E-state index contributed by atoms with van der Waals surface area (Å²) < 4.78 is 39.8. The Bertz CT molecular complexity index is 1390. The maximum atomic E-state index is 12.8. The normalized spacial score (nSPS) is 18.5. The highest BCUT2D eigenvalue weighted by molar-refractivity contribution is 7.91. The number of rotatable bonds is 6. The van der Waals surface area contributed by atoms with Gasteiger partial charge in [0.2, 0.25) is 5.88 Å². The zero-order valence-electron chi connectivity index (χ0n) is 18.5. The number of anilines is 2. The van der Waals surface area contributed by atoms with E-state index in [1.165, 1.54) is 6.07 Å². The van der Waals surface area contributed by atoms with Crippen molar-refractivity contribution in [2.75, 3.05) is 9.62 Å². The molecule has 1 atom stereocenters. The maximum absolute atomic E-state index is 12.8. The average molecular weight is 494 g/mol. The van der Waals surface area contributed by atoms with E-state index in [0.29, 0.717) is 18.6 Å². The minimum Gasteiger partial charge on any atom is -0.493 e. The number of benzene rings is 3. The second-order valence-electron chi connectivity index (χ2n) is 8.11. The molecule has 0 spiro atoms. The fourth-order valence-electron chi connectivity index (χ4n) is 3.96. The van der Waals surface area contributed by atoms with Crippen LogP contribution in [0.3, 0.4) is 0 Å². The lowest BCUT2D eigenvalue weighted by atomic mass is 10.1. The lowest BCUT2D eigenvalue weighted by Crippen LogP contribution is -2.32. The number of hydrogen-bond donors (Lipinski definition) is 3. The van der Waals surface area contributed by atoms with Crippen LogP contribution in [-0.4, -0.2) is 25.5 Å². The SMILES string of the molecule is O=C1Nc2ccccc2CCC1Oc1ccc(N2C=C(O)NS2(=O)=O)c(OCc2ccccc2)c1. The van der Waals surface area contributed by atoms with Gasteiger partial charge in [0.1, 0.15) is 23.8 Å². The Kier molecular flexibility index (Phi) is 5.96. The average Bonchev–Trinajstić information content (AvgIpc) is 3.02. The molecule has 35 heavy (non-hydrogen) atoms. The summed E-state index contributed by atoms with van der Waals surface area (Å²) in [4.78, 5) is 12.8. The first-order valence-electron chi connectivity index (χ1n) is 11.0. The molecule has 0 saturated carbocycles. The van der Waals surface area contributed by atoms with Crippen molar-refractivity contribution in [2.45, 2.75) is 25.6 Å². The number of carbonyl (C=O) groups excluding carboxylic acids is 1. The molecule has 180 valence electrons. The molecule has 0 saturated heterocycles. The molecule has 9 nitrogen and oxygen atoms in total. The molecular weight excluding hydrogens is 470 g/mol. The number of nitrogens with one attached hydrogen (secondary N) is 2. The van der Waals surface area contributed by atoms with E-state index >= 15 is 0 Å². The standard InChI is InChI=1S/C25H23N3O6S/c29-24-15-28(35(31,32)27-24)21-12-11-19(14-23(21)33-16-17-6-2-1-3-7-17)34-22-13-10-18-8-4-5-9-20(18)26-25(22)30/h1-9,11-12,14-15,22,27,29H,10,13,16H2,(H,26,30). The molecule has 0 aliphatic carbocycles. The van der Waals surface area contributed by atoms with E-state index in [1.54, 1.807) is 12.1 Å². The Hall–Kier alpha value is -4.18. The number of aliphatic hydroxyl groups is 1. The highest BCUT2D eigenvalue weighted by Gasteiger charge is 2.32. The smallest absolute Gasteiger partial charge is 0.330 e. The summed E-state index contributed by atoms with van der Waals surface area (Å²) in [5.41, 5.74) is 2.87. The van der Waals surface area contributed by atoms with E-state index in [2.05, 4.69) is 5.32 Å². The van der Waals surface area contributed by atoms with Crippen LogP contribution in [0.25, 0.3) is 0 Å². The van der Waals surface area contributed by atoms with Crippen molar-refractivity contribution < 1.29 is 27.8 Å². The van der Waals surface area contributed by atoms with Gasteiger partial charge in [-0.1, -0.05) is 48.5 Å². The van der Waals surface area contributed by atoms with E-state index in [9.17, 15) is 18.3 Å². The van der Waals surface area contributed by atoms with Gasteiger partial charge in [-0.25, -0.2) is 9.03 Å². The number of nitrogens with zero attached hydrogens (tertiary/aromatic N) is 1. The molecule has 2 heterocycles. The second-order valence-corrected chi connectivity index (χ2v) is 9.66. The van der Waals surface area contributed by atoms with E-state index < -0.39 is 22.2 Å². The number of aliphatic hydroxyl groups excluding tert-OH is 1. The number of carbonyl (C=O) groups is 1. The summed E-state index contributed by atoms with van der Waals surface area (Å²) in [6.07, 6.45) is 1.45. The van der Waals surface area contributed by atoms with Crippen molar-refractivity contribution in [3.8, 4) is 11.5 Å². The number of fused-ring (bicyclic) bond motifs is 1. The van der Waals surface area contributed by atoms with E-state index in [4.69, 9.17) is 9.47 Å². The minimum atomic E-state index is -4.02. The van der Waals surface area contributed by atoms with Crippen molar-refractivity contribution >= 4 is 27.5 Å². The van der Waals surface area contributed by atoms with Gasteiger partial charge in [-0.05, 0) is 42.2 Å². The van der Waals surface area contributed by atoms with Crippen LogP contribution >= 0.6 is 0 Å². The maximum Gasteiger partial charge on any atom is 0.330 e. The number of amides is 1. The molecule has 1 amide bonds. The number of aryl methyl sites for hydroxylation is 1. The fraction of sp³-hybridized carbons (Fsp3) is 0.160. The van der Waals surface area contributed by atoms with Gasteiger partial charge in [0.15, 0.2) is 6.10 Å². The van der Waals surface area contributed by atoms with Crippen molar-refractivity contribution in [3.05, 3.63) is 96.0 Å². The van der Waals surface area contributed by atoms with Gasteiger partial charge in [0.25, 0.3) is 5.91 Å². The molecule has 5 rings (SSSR count). The molecule has 0 fully saturated rings. The Labute approximate surface area is 202 Å². The summed E-state index contributed by atoms with van der Waals surface area (Å²) in [5.74, 6) is -0.209. The molecule has 2 aliphatic rings. The zero-order valence-corrected chi connectivity index (χ0v) is 19.4. The first-order valence-corrected chi connectivity index (χ1v) is 12.4. The molecule has 3 aromatic rings. The molecule has 3 aromatic carbocycles. The quantitative estimate of drug-likeness (QED) is 0.483. The Balaban J connectivity index is 1.42. The summed E-state index contributed by atoms with van der Waals surface area (Å²) in [6.45, 7) is 0.174. The lowest BCUT2D eigenvalue weighted by Gasteiger charge is -2.21. The molecule has 10 heteroatoms. The van der Waals surface area contributed by atoms with Gasteiger partial charge in [-0.15, -0.1) is 0 Å². The predicted molar refractivity (Wildman–Crippen MR) is 130 cm³/mol. The molecule has 0 aromatic heterocycles. The largest absolute Gasteiger partial charge is 0.493 e. The summed E-state index contributed by atoms with van der Waals surface area (Å²) in [6, 6.07) is 21.6. The summed E-state index contributed by atoms with van der Waals surface area (Å²) in [7, 11) is -4.02. The minimum absolute atomic E-state index is 0.174. The third kappa shape index (κ3) is 4.87. The van der Waals surface area contributed by atoms with Crippen molar-refractivity contribution in [1.29, 1.82) is 0 Å². The van der Waals surface area contributed by atoms with Gasteiger partial charge in [-0.2, -0.15) is 8.42 Å². The second kappa shape index (κ2) is 9.22. The third-order valence-electron chi connectivity index (χ3n) is 5.66. The Morgan fingerprint density at radius 2 is 1.80 bits per heavy atom. The van der Waals surface area contributed by atoms with Gasteiger partial charge in [0.05, 0.1) is 6.20 Å². The first-order chi connectivity index (χ1) is 16.9. The predicted octanol–water partition coefficient (Wildman–Crippen LogP) is 3.61. The summed E-state index contributed by atoms with van der Waals surface area (Å²) in [5, 5.41) is 12.6. The Morgan fingerprint density at radius 1 is 1.03 bits per heavy atom. The highest BCUT2D eigenvalue weighted by Crippen LogP contribution is 2.37. The molecule has 0 radical (unpaired) electrons. The van der Waals surface area contributed by atoms with Crippen molar-refractivity contribution in [2.24, 2.45) is 0 Å². The van der Waals surface area contributed by atoms with Gasteiger partial charge >= 0.3 is 10.2 Å². The van der Waals surface area contributed by atoms with Gasteiger partial charge < -0.3 is 19.9 Å². The van der Waals surface area contributed by atoms with Crippen LogP contribution in [0.2, 0.25) is 0 Å². The van der Waals surface area contributed by atoms with E-state index in [1.807, 2.05) is 59.3 Å². The van der Waals surface area contributed by atoms with Crippen LogP contribution in [-0.2, 0) is 28.0 Å². The molecule has 2 aliphatic heterocycles. The number of para-hydroxylation sites is 1. The van der Waals surface area contributed by atoms with Crippen molar-refractivity contribution in [3.63, 3.8) is 0 Å². The van der Waals surface area contributed by atoms with Crippen molar-refractivity contribution in [1.82, 2.24) is 4.72 Å². The van der Waals surface area contributed by atoms with Crippen LogP contribution in [0.5, 0.6) is 11.5 Å². The van der Waals surface area contributed by atoms with Crippen LogP contribution in [0.4, 0.5) is 11.4 Å². The first kappa shape index (κ1) is 22.6. The lowest BCUT2D eigenvalue weighted by molar-refractivity contribution is -0.122. The molecular formula is C25H23N3O6S. The van der Waals surface area contributed by atoms with Gasteiger partial charge in [0, 0.05) is 11.8 Å². The fourth-order valence-corrected chi connectivity index (χ4v) is 5.02. The number of hydrogen-bond acceptors (Lipinski definition) is 6.